The van der Waals surface area contributed by atoms with Crippen LogP contribution in [0.1, 0.15) is 32.4 Å². The SMILES string of the molecule is CCNC(c1ccsc1)C(C)(C)N1CCOCC1. The summed E-state index contributed by atoms with van der Waals surface area (Å²) in [5.41, 5.74) is 1.51. The van der Waals surface area contributed by atoms with Gasteiger partial charge in [-0.3, -0.25) is 4.90 Å². The first kappa shape index (κ1) is 14.0. The molecule has 0 amide bonds. The lowest BCUT2D eigenvalue weighted by atomic mass is 9.87. The van der Waals surface area contributed by atoms with E-state index in [9.17, 15) is 0 Å². The van der Waals surface area contributed by atoms with Crippen LogP contribution in [0.5, 0.6) is 0 Å². The van der Waals surface area contributed by atoms with Gasteiger partial charge in [-0.05, 0) is 42.8 Å². The Labute approximate surface area is 114 Å². The Hall–Kier alpha value is -0.420. The molecule has 0 aliphatic carbocycles. The van der Waals surface area contributed by atoms with Crippen molar-refractivity contribution in [2.24, 2.45) is 0 Å². The molecule has 4 heteroatoms. The summed E-state index contributed by atoms with van der Waals surface area (Å²) in [5.74, 6) is 0. The summed E-state index contributed by atoms with van der Waals surface area (Å²) < 4.78 is 5.47. The zero-order valence-corrected chi connectivity index (χ0v) is 12.4. The highest BCUT2D eigenvalue weighted by molar-refractivity contribution is 7.07. The molecule has 0 saturated carbocycles. The molecule has 0 spiro atoms. The van der Waals surface area contributed by atoms with Crippen molar-refractivity contribution in [3.8, 4) is 0 Å². The molecule has 1 aromatic heterocycles. The number of rotatable bonds is 5. The number of hydrogen-bond acceptors (Lipinski definition) is 4. The lowest BCUT2D eigenvalue weighted by molar-refractivity contribution is -0.0235. The average molecular weight is 268 g/mol. The van der Waals surface area contributed by atoms with E-state index in [1.54, 1.807) is 11.3 Å². The second-order valence-electron chi connectivity index (χ2n) is 5.30. The average Bonchev–Trinajstić information content (AvgIpc) is 2.90. The molecule has 1 N–H and O–H groups in total. The first-order valence-electron chi connectivity index (χ1n) is 6.74. The molecule has 1 aliphatic heterocycles. The van der Waals surface area contributed by atoms with E-state index in [4.69, 9.17) is 4.74 Å². The van der Waals surface area contributed by atoms with E-state index in [1.165, 1.54) is 5.56 Å². The van der Waals surface area contributed by atoms with Crippen LogP contribution in [0.4, 0.5) is 0 Å². The fourth-order valence-electron chi connectivity index (χ4n) is 2.74. The van der Waals surface area contributed by atoms with Gasteiger partial charge in [0.05, 0.1) is 19.3 Å². The number of ether oxygens (including phenoxy) is 1. The Balaban J connectivity index is 2.17. The summed E-state index contributed by atoms with van der Waals surface area (Å²) >= 11 is 1.77. The molecule has 3 nitrogen and oxygen atoms in total. The van der Waals surface area contributed by atoms with Crippen LogP contribution in [0.3, 0.4) is 0 Å². The van der Waals surface area contributed by atoms with Crippen molar-refractivity contribution in [3.63, 3.8) is 0 Å². The van der Waals surface area contributed by atoms with Gasteiger partial charge in [-0.2, -0.15) is 11.3 Å². The van der Waals surface area contributed by atoms with Gasteiger partial charge in [0, 0.05) is 18.6 Å². The van der Waals surface area contributed by atoms with Gasteiger partial charge in [0.1, 0.15) is 0 Å². The van der Waals surface area contributed by atoms with Crippen LogP contribution < -0.4 is 5.32 Å². The van der Waals surface area contributed by atoms with Crippen LogP contribution in [0.2, 0.25) is 0 Å². The topological polar surface area (TPSA) is 24.5 Å². The Bertz CT molecular complexity index is 345. The second kappa shape index (κ2) is 6.15. The fraction of sp³-hybridized carbons (Fsp3) is 0.714. The van der Waals surface area contributed by atoms with Crippen LogP contribution in [0.15, 0.2) is 16.8 Å². The van der Waals surface area contributed by atoms with E-state index < -0.39 is 0 Å². The number of nitrogens with one attached hydrogen (secondary N) is 1. The maximum absolute atomic E-state index is 5.47. The highest BCUT2D eigenvalue weighted by atomic mass is 32.1. The Morgan fingerprint density at radius 1 is 1.44 bits per heavy atom. The lowest BCUT2D eigenvalue weighted by Gasteiger charge is -2.46. The minimum absolute atomic E-state index is 0.112. The molecule has 2 rings (SSSR count). The van der Waals surface area contributed by atoms with Crippen LogP contribution in [0.25, 0.3) is 0 Å². The summed E-state index contributed by atoms with van der Waals surface area (Å²) in [6.07, 6.45) is 0. The number of thiophene rings is 1. The molecule has 0 aromatic carbocycles. The molecule has 18 heavy (non-hydrogen) atoms. The van der Waals surface area contributed by atoms with Gasteiger partial charge >= 0.3 is 0 Å². The molecule has 1 unspecified atom stereocenters. The van der Waals surface area contributed by atoms with E-state index in [0.29, 0.717) is 6.04 Å². The smallest absolute Gasteiger partial charge is 0.0594 e. The van der Waals surface area contributed by atoms with Gasteiger partial charge in [0.15, 0.2) is 0 Å². The van der Waals surface area contributed by atoms with Gasteiger partial charge in [0.2, 0.25) is 0 Å². The summed E-state index contributed by atoms with van der Waals surface area (Å²) in [5, 5.41) is 8.07. The van der Waals surface area contributed by atoms with E-state index >= 15 is 0 Å². The van der Waals surface area contributed by atoms with Crippen molar-refractivity contribution < 1.29 is 4.74 Å². The molecule has 1 atom stereocenters. The standard InChI is InChI=1S/C14H24N2OS/c1-4-15-13(12-5-10-18-11-12)14(2,3)16-6-8-17-9-7-16/h5,10-11,13,15H,4,6-9H2,1-3H3. The quantitative estimate of drug-likeness (QED) is 0.888. The van der Waals surface area contributed by atoms with Gasteiger partial charge in [-0.25, -0.2) is 0 Å². The number of morpholine rings is 1. The molecule has 2 heterocycles. The van der Waals surface area contributed by atoms with Gasteiger partial charge in [-0.1, -0.05) is 6.92 Å². The van der Waals surface area contributed by atoms with Gasteiger partial charge in [-0.15, -0.1) is 0 Å². The van der Waals surface area contributed by atoms with E-state index in [2.05, 4.69) is 47.8 Å². The fourth-order valence-corrected chi connectivity index (χ4v) is 3.43. The van der Waals surface area contributed by atoms with Crippen LogP contribution in [0, 0.1) is 0 Å². The van der Waals surface area contributed by atoms with E-state index in [1.807, 2.05) is 0 Å². The molecule has 1 saturated heterocycles. The first-order chi connectivity index (χ1) is 8.66. The molecule has 1 aliphatic rings. The van der Waals surface area contributed by atoms with Crippen LogP contribution >= 0.6 is 11.3 Å². The Morgan fingerprint density at radius 2 is 2.17 bits per heavy atom. The first-order valence-corrected chi connectivity index (χ1v) is 7.68. The number of hydrogen-bond donors (Lipinski definition) is 1. The third kappa shape index (κ3) is 2.94. The third-order valence-corrected chi connectivity index (χ3v) is 4.52. The Kier molecular flexibility index (Phi) is 4.78. The molecular weight excluding hydrogens is 244 g/mol. The van der Waals surface area contributed by atoms with Gasteiger partial charge in [0.25, 0.3) is 0 Å². The molecule has 1 aromatic rings. The minimum atomic E-state index is 0.112. The molecule has 102 valence electrons. The van der Waals surface area contributed by atoms with Crippen molar-refractivity contribution in [2.45, 2.75) is 32.4 Å². The molecule has 0 radical (unpaired) electrons. The van der Waals surface area contributed by atoms with Crippen molar-refractivity contribution in [3.05, 3.63) is 22.4 Å². The number of likely N-dealkylation sites (N-methyl/N-ethyl adjacent to an activating group) is 1. The van der Waals surface area contributed by atoms with Crippen molar-refractivity contribution >= 4 is 11.3 Å². The van der Waals surface area contributed by atoms with E-state index in [-0.39, 0.29) is 5.54 Å². The molecular formula is C14H24N2OS. The predicted octanol–water partition coefficient (Wildman–Crippen LogP) is 2.51. The van der Waals surface area contributed by atoms with Crippen molar-refractivity contribution in [2.75, 3.05) is 32.8 Å². The summed E-state index contributed by atoms with van der Waals surface area (Å²) in [7, 11) is 0. The largest absolute Gasteiger partial charge is 0.379 e. The maximum atomic E-state index is 5.47. The molecule has 0 bridgehead atoms. The predicted molar refractivity (Wildman–Crippen MR) is 77.2 cm³/mol. The van der Waals surface area contributed by atoms with E-state index in [0.717, 1.165) is 32.8 Å². The third-order valence-electron chi connectivity index (χ3n) is 3.82. The lowest BCUT2D eigenvalue weighted by Crippen LogP contribution is -2.56. The minimum Gasteiger partial charge on any atom is -0.379 e. The summed E-state index contributed by atoms with van der Waals surface area (Å²) in [6.45, 7) is 11.6. The normalized spacial score (nSPS) is 19.9. The van der Waals surface area contributed by atoms with Crippen LogP contribution in [-0.4, -0.2) is 43.3 Å². The monoisotopic (exact) mass is 268 g/mol. The molecule has 1 fully saturated rings. The Morgan fingerprint density at radius 3 is 2.72 bits per heavy atom. The highest BCUT2D eigenvalue weighted by Gasteiger charge is 2.36. The summed E-state index contributed by atoms with van der Waals surface area (Å²) in [4.78, 5) is 2.54. The van der Waals surface area contributed by atoms with Gasteiger partial charge < -0.3 is 10.1 Å². The van der Waals surface area contributed by atoms with Crippen molar-refractivity contribution in [1.29, 1.82) is 0 Å². The second-order valence-corrected chi connectivity index (χ2v) is 6.08. The summed E-state index contributed by atoms with van der Waals surface area (Å²) in [6, 6.07) is 2.62. The maximum Gasteiger partial charge on any atom is 0.0594 e. The number of nitrogens with zero attached hydrogens (tertiary/aromatic N) is 1. The van der Waals surface area contributed by atoms with Crippen molar-refractivity contribution in [1.82, 2.24) is 10.2 Å². The zero-order valence-electron chi connectivity index (χ0n) is 11.6. The zero-order chi connectivity index (χ0) is 13.0. The highest BCUT2D eigenvalue weighted by Crippen LogP contribution is 2.32. The van der Waals surface area contributed by atoms with Crippen LogP contribution in [-0.2, 0) is 4.74 Å².